The number of fused-ring (bicyclic) bond motifs is 1. The van der Waals surface area contributed by atoms with Crippen molar-refractivity contribution >= 4 is 0 Å². The molecule has 1 heterocycles. The molecule has 0 spiro atoms. The Morgan fingerprint density at radius 3 is 1.77 bits per heavy atom. The zero-order valence-corrected chi connectivity index (χ0v) is 9.55. The first-order valence-electron chi connectivity index (χ1n) is 5.96. The molecule has 0 aromatic heterocycles. The Balaban J connectivity index is 0.000000251. The molecule has 2 atom stereocenters. The monoisotopic (exact) mass is 183 g/mol. The van der Waals surface area contributed by atoms with E-state index in [0.717, 1.165) is 11.8 Å². The molecule has 1 nitrogen and oxygen atoms in total. The van der Waals surface area contributed by atoms with Gasteiger partial charge in [-0.15, -0.1) is 0 Å². The quantitative estimate of drug-likeness (QED) is 0.557. The molecule has 2 fully saturated rings. The van der Waals surface area contributed by atoms with Gasteiger partial charge in [-0.25, -0.2) is 0 Å². The molecule has 1 aliphatic carbocycles. The molecule has 2 unspecified atom stereocenters. The maximum absolute atomic E-state index is 2.50. The van der Waals surface area contributed by atoms with Crippen LogP contribution in [0.15, 0.2) is 0 Å². The second-order valence-electron chi connectivity index (χ2n) is 4.73. The molecule has 1 heteroatoms. The third-order valence-corrected chi connectivity index (χ3v) is 3.16. The van der Waals surface area contributed by atoms with Crippen LogP contribution in [0.25, 0.3) is 0 Å². The van der Waals surface area contributed by atoms with E-state index in [-0.39, 0.29) is 0 Å². The van der Waals surface area contributed by atoms with Crippen molar-refractivity contribution in [3.05, 3.63) is 0 Å². The fourth-order valence-electron chi connectivity index (χ4n) is 2.64. The minimum absolute atomic E-state index is 1.07. The number of likely N-dealkylation sites (tertiary alicyclic amines) is 1. The zero-order valence-electron chi connectivity index (χ0n) is 9.55. The second kappa shape index (κ2) is 5.64. The van der Waals surface area contributed by atoms with Crippen molar-refractivity contribution in [3.8, 4) is 0 Å². The van der Waals surface area contributed by atoms with Crippen molar-refractivity contribution < 1.29 is 0 Å². The fraction of sp³-hybridized carbons (Fsp3) is 1.00. The van der Waals surface area contributed by atoms with E-state index < -0.39 is 0 Å². The zero-order chi connectivity index (χ0) is 9.68. The SMILES string of the molecule is CCC.CN1CC2CCCCC2C1. The van der Waals surface area contributed by atoms with Crippen molar-refractivity contribution in [2.75, 3.05) is 20.1 Å². The van der Waals surface area contributed by atoms with Gasteiger partial charge in [0.05, 0.1) is 0 Å². The van der Waals surface area contributed by atoms with Gasteiger partial charge in [0.25, 0.3) is 0 Å². The van der Waals surface area contributed by atoms with Crippen molar-refractivity contribution in [1.82, 2.24) is 4.90 Å². The Labute approximate surface area is 83.5 Å². The number of hydrogen-bond donors (Lipinski definition) is 0. The van der Waals surface area contributed by atoms with Gasteiger partial charge >= 0.3 is 0 Å². The molecule has 0 amide bonds. The first kappa shape index (κ1) is 11.0. The normalized spacial score (nSPS) is 33.5. The molecule has 0 aromatic rings. The maximum Gasteiger partial charge on any atom is 0.000985 e. The topological polar surface area (TPSA) is 3.24 Å². The molecule has 78 valence electrons. The molecular formula is C12H25N. The van der Waals surface area contributed by atoms with Gasteiger partial charge in [0, 0.05) is 13.1 Å². The summed E-state index contributed by atoms with van der Waals surface area (Å²) in [5, 5.41) is 0. The van der Waals surface area contributed by atoms with Crippen LogP contribution in [0.1, 0.15) is 46.0 Å². The molecule has 2 aliphatic rings. The summed E-state index contributed by atoms with van der Waals surface area (Å²) >= 11 is 0. The Bertz CT molecular complexity index is 119. The van der Waals surface area contributed by atoms with Gasteiger partial charge in [-0.1, -0.05) is 33.1 Å². The van der Waals surface area contributed by atoms with Gasteiger partial charge in [0.1, 0.15) is 0 Å². The summed E-state index contributed by atoms with van der Waals surface area (Å²) in [5.41, 5.74) is 0. The third kappa shape index (κ3) is 3.30. The van der Waals surface area contributed by atoms with E-state index in [1.165, 1.54) is 45.2 Å². The lowest BCUT2D eigenvalue weighted by Gasteiger charge is -2.23. The van der Waals surface area contributed by atoms with Crippen molar-refractivity contribution in [3.63, 3.8) is 0 Å². The van der Waals surface area contributed by atoms with Crippen LogP contribution in [0, 0.1) is 11.8 Å². The lowest BCUT2D eigenvalue weighted by Crippen LogP contribution is -2.16. The molecule has 0 aromatic carbocycles. The molecular weight excluding hydrogens is 158 g/mol. The van der Waals surface area contributed by atoms with Crippen LogP contribution in [0.5, 0.6) is 0 Å². The van der Waals surface area contributed by atoms with Gasteiger partial charge in [0.15, 0.2) is 0 Å². The van der Waals surface area contributed by atoms with Crippen LogP contribution >= 0.6 is 0 Å². The van der Waals surface area contributed by atoms with Gasteiger partial charge in [-0.05, 0) is 31.7 Å². The minimum atomic E-state index is 1.07. The average Bonchev–Trinajstić information content (AvgIpc) is 2.45. The number of rotatable bonds is 0. The highest BCUT2D eigenvalue weighted by atomic mass is 15.1. The van der Waals surface area contributed by atoms with E-state index in [4.69, 9.17) is 0 Å². The molecule has 1 saturated carbocycles. The van der Waals surface area contributed by atoms with Gasteiger partial charge < -0.3 is 4.90 Å². The lowest BCUT2D eigenvalue weighted by molar-refractivity contribution is 0.299. The van der Waals surface area contributed by atoms with E-state index in [0.29, 0.717) is 0 Å². The average molecular weight is 183 g/mol. The first-order valence-corrected chi connectivity index (χ1v) is 5.96. The van der Waals surface area contributed by atoms with Crippen molar-refractivity contribution in [2.45, 2.75) is 46.0 Å². The van der Waals surface area contributed by atoms with Crippen molar-refractivity contribution in [2.24, 2.45) is 11.8 Å². The summed E-state index contributed by atoms with van der Waals surface area (Å²) < 4.78 is 0. The molecule has 1 saturated heterocycles. The van der Waals surface area contributed by atoms with Gasteiger partial charge in [-0.3, -0.25) is 0 Å². The Hall–Kier alpha value is -0.0400. The van der Waals surface area contributed by atoms with Gasteiger partial charge in [0.2, 0.25) is 0 Å². The second-order valence-corrected chi connectivity index (χ2v) is 4.73. The fourth-order valence-corrected chi connectivity index (χ4v) is 2.64. The number of nitrogens with zero attached hydrogens (tertiary/aromatic N) is 1. The summed E-state index contributed by atoms with van der Waals surface area (Å²) in [6, 6.07) is 0. The smallest absolute Gasteiger partial charge is 0.000985 e. The van der Waals surface area contributed by atoms with E-state index in [9.17, 15) is 0 Å². The predicted molar refractivity (Wildman–Crippen MR) is 58.9 cm³/mol. The minimum Gasteiger partial charge on any atom is -0.306 e. The highest BCUT2D eigenvalue weighted by Crippen LogP contribution is 2.34. The van der Waals surface area contributed by atoms with Crippen molar-refractivity contribution in [1.29, 1.82) is 0 Å². The Morgan fingerprint density at radius 1 is 1.00 bits per heavy atom. The van der Waals surface area contributed by atoms with Crippen LogP contribution in [-0.4, -0.2) is 25.0 Å². The Kier molecular flexibility index (Phi) is 4.79. The summed E-state index contributed by atoms with van der Waals surface area (Å²) in [6.45, 7) is 7.01. The molecule has 0 radical (unpaired) electrons. The molecule has 0 bridgehead atoms. The molecule has 0 N–H and O–H groups in total. The molecule has 13 heavy (non-hydrogen) atoms. The van der Waals surface area contributed by atoms with E-state index in [1.54, 1.807) is 0 Å². The summed E-state index contributed by atoms with van der Waals surface area (Å²) in [5.74, 6) is 2.14. The van der Waals surface area contributed by atoms with Crippen LogP contribution in [0.2, 0.25) is 0 Å². The van der Waals surface area contributed by atoms with E-state index in [1.807, 2.05) is 0 Å². The van der Waals surface area contributed by atoms with Crippen LogP contribution in [0.4, 0.5) is 0 Å². The summed E-state index contributed by atoms with van der Waals surface area (Å²) in [7, 11) is 2.26. The van der Waals surface area contributed by atoms with Crippen LogP contribution < -0.4 is 0 Å². The number of hydrogen-bond acceptors (Lipinski definition) is 1. The van der Waals surface area contributed by atoms with Gasteiger partial charge in [-0.2, -0.15) is 0 Å². The highest BCUT2D eigenvalue weighted by Gasteiger charge is 2.31. The first-order chi connectivity index (χ1) is 6.27. The maximum atomic E-state index is 2.50. The largest absolute Gasteiger partial charge is 0.306 e. The molecule has 1 aliphatic heterocycles. The van der Waals surface area contributed by atoms with E-state index in [2.05, 4.69) is 25.8 Å². The lowest BCUT2D eigenvalue weighted by atomic mass is 9.82. The van der Waals surface area contributed by atoms with E-state index >= 15 is 0 Å². The summed E-state index contributed by atoms with van der Waals surface area (Å²) in [4.78, 5) is 2.50. The third-order valence-electron chi connectivity index (χ3n) is 3.16. The highest BCUT2D eigenvalue weighted by molar-refractivity contribution is 4.84. The Morgan fingerprint density at radius 2 is 1.38 bits per heavy atom. The molecule has 2 rings (SSSR count). The van der Waals surface area contributed by atoms with Crippen LogP contribution in [-0.2, 0) is 0 Å². The van der Waals surface area contributed by atoms with Crippen LogP contribution in [0.3, 0.4) is 0 Å². The summed E-state index contributed by atoms with van der Waals surface area (Å²) in [6.07, 6.45) is 7.26. The standard InChI is InChI=1S/C9H17N.C3H8/c1-10-6-8-4-2-3-5-9(8)7-10;1-3-2/h8-9H,2-7H2,1H3;3H2,1-2H3. The predicted octanol–water partition coefficient (Wildman–Crippen LogP) is 3.15.